The van der Waals surface area contributed by atoms with E-state index in [2.05, 4.69) is 4.99 Å². The minimum Gasteiger partial charge on any atom is -0.484 e. The van der Waals surface area contributed by atoms with Crippen LogP contribution in [0.2, 0.25) is 0 Å². The van der Waals surface area contributed by atoms with Crippen molar-refractivity contribution in [3.8, 4) is 0 Å². The van der Waals surface area contributed by atoms with E-state index in [1.54, 1.807) is 7.11 Å². The maximum Gasteiger partial charge on any atom is 0.186 e. The van der Waals surface area contributed by atoms with Gasteiger partial charge in [0.15, 0.2) is 5.90 Å². The normalized spacial score (nSPS) is 42.0. The van der Waals surface area contributed by atoms with Crippen LogP contribution in [0, 0.1) is 5.92 Å². The monoisotopic (exact) mass is 157 g/mol. The van der Waals surface area contributed by atoms with E-state index in [1.807, 2.05) is 0 Å². The molecule has 0 radical (unpaired) electrons. The van der Waals surface area contributed by atoms with Crippen LogP contribution < -0.4 is 0 Å². The number of aliphatic imine (C=N–C) groups is 1. The van der Waals surface area contributed by atoms with Gasteiger partial charge in [0, 0.05) is 5.92 Å². The number of fused-ring (bicyclic) bond motifs is 2. The molecule has 1 heterocycles. The molecular weight excluding hydrogens is 145 g/mol. The number of halogens is 1. The van der Waals surface area contributed by atoms with Crippen molar-refractivity contribution < 1.29 is 9.13 Å². The van der Waals surface area contributed by atoms with Crippen LogP contribution in [0.3, 0.4) is 0 Å². The smallest absolute Gasteiger partial charge is 0.186 e. The molecule has 1 aliphatic carbocycles. The molecular formula is C8H12FNO. The van der Waals surface area contributed by atoms with Crippen LogP contribution in [-0.2, 0) is 4.74 Å². The Hall–Kier alpha value is -0.600. The fourth-order valence-electron chi connectivity index (χ4n) is 2.01. The zero-order chi connectivity index (χ0) is 7.90. The SMILES string of the molecule is COC1=NCC2(F)CCC1C2. The van der Waals surface area contributed by atoms with Crippen molar-refractivity contribution in [3.63, 3.8) is 0 Å². The van der Waals surface area contributed by atoms with E-state index >= 15 is 0 Å². The lowest BCUT2D eigenvalue weighted by Gasteiger charge is -2.22. The number of ether oxygens (including phenoxy) is 1. The quantitative estimate of drug-likeness (QED) is 0.522. The highest BCUT2D eigenvalue weighted by atomic mass is 19.1. The first-order chi connectivity index (χ1) is 5.23. The summed E-state index contributed by atoms with van der Waals surface area (Å²) in [6.07, 6.45) is 2.19. The van der Waals surface area contributed by atoms with E-state index in [0.29, 0.717) is 19.4 Å². The summed E-state index contributed by atoms with van der Waals surface area (Å²) in [7, 11) is 1.61. The zero-order valence-corrected chi connectivity index (χ0v) is 6.64. The van der Waals surface area contributed by atoms with Crippen molar-refractivity contribution >= 4 is 5.90 Å². The highest BCUT2D eigenvalue weighted by molar-refractivity contribution is 5.80. The van der Waals surface area contributed by atoms with Crippen LogP contribution in [-0.4, -0.2) is 25.2 Å². The maximum absolute atomic E-state index is 13.5. The number of hydrogen-bond donors (Lipinski definition) is 0. The predicted octanol–water partition coefficient (Wildman–Crippen LogP) is 1.55. The number of rotatable bonds is 0. The fourth-order valence-corrected chi connectivity index (χ4v) is 2.01. The topological polar surface area (TPSA) is 21.6 Å². The molecule has 3 heteroatoms. The second-order valence-corrected chi connectivity index (χ2v) is 3.45. The number of hydrogen-bond acceptors (Lipinski definition) is 2. The minimum absolute atomic E-state index is 0.263. The number of nitrogens with zero attached hydrogens (tertiary/aromatic N) is 1. The van der Waals surface area contributed by atoms with Gasteiger partial charge >= 0.3 is 0 Å². The molecule has 2 bridgehead atoms. The first-order valence-electron chi connectivity index (χ1n) is 4.01. The highest BCUT2D eigenvalue weighted by Crippen LogP contribution is 2.41. The van der Waals surface area contributed by atoms with E-state index < -0.39 is 5.67 Å². The predicted molar refractivity (Wildman–Crippen MR) is 40.5 cm³/mol. The second kappa shape index (κ2) is 2.19. The van der Waals surface area contributed by atoms with Gasteiger partial charge in [0.05, 0.1) is 13.7 Å². The van der Waals surface area contributed by atoms with Gasteiger partial charge in [-0.15, -0.1) is 0 Å². The average Bonchev–Trinajstić information content (AvgIpc) is 2.29. The maximum atomic E-state index is 13.5. The van der Waals surface area contributed by atoms with E-state index in [0.717, 1.165) is 12.3 Å². The zero-order valence-electron chi connectivity index (χ0n) is 6.64. The molecule has 2 nitrogen and oxygen atoms in total. The van der Waals surface area contributed by atoms with Gasteiger partial charge in [0.1, 0.15) is 5.67 Å². The first kappa shape index (κ1) is 7.07. The molecule has 11 heavy (non-hydrogen) atoms. The molecule has 2 aliphatic rings. The summed E-state index contributed by atoms with van der Waals surface area (Å²) in [6.45, 7) is 0.312. The number of methoxy groups -OCH3 is 1. The fraction of sp³-hybridized carbons (Fsp3) is 0.875. The van der Waals surface area contributed by atoms with Gasteiger partial charge in [-0.2, -0.15) is 0 Å². The lowest BCUT2D eigenvalue weighted by atomic mass is 9.99. The van der Waals surface area contributed by atoms with Gasteiger partial charge < -0.3 is 4.74 Å². The van der Waals surface area contributed by atoms with Crippen molar-refractivity contribution in [3.05, 3.63) is 0 Å². The standard InChI is InChI=1S/C8H12FNO/c1-11-7-6-2-3-8(9,4-6)5-10-7/h6H,2-5H2,1H3. The van der Waals surface area contributed by atoms with Crippen molar-refractivity contribution in [1.82, 2.24) is 0 Å². The Labute approximate surface area is 65.5 Å². The highest BCUT2D eigenvalue weighted by Gasteiger charge is 2.44. The molecule has 0 aromatic rings. The molecule has 0 saturated heterocycles. The summed E-state index contributed by atoms with van der Waals surface area (Å²) < 4.78 is 18.5. The molecule has 0 spiro atoms. The van der Waals surface area contributed by atoms with Gasteiger partial charge in [0.2, 0.25) is 0 Å². The van der Waals surface area contributed by atoms with Crippen LogP contribution in [0.15, 0.2) is 4.99 Å². The van der Waals surface area contributed by atoms with Crippen LogP contribution in [0.4, 0.5) is 4.39 Å². The van der Waals surface area contributed by atoms with Crippen molar-refractivity contribution in [2.24, 2.45) is 10.9 Å². The van der Waals surface area contributed by atoms with Crippen LogP contribution >= 0.6 is 0 Å². The third kappa shape index (κ3) is 1.03. The molecule has 2 atom stereocenters. The summed E-state index contributed by atoms with van der Waals surface area (Å²) in [6, 6.07) is 0. The first-order valence-corrected chi connectivity index (χ1v) is 4.01. The molecule has 0 aromatic carbocycles. The van der Waals surface area contributed by atoms with Crippen LogP contribution in [0.25, 0.3) is 0 Å². The largest absolute Gasteiger partial charge is 0.484 e. The third-order valence-electron chi connectivity index (χ3n) is 2.63. The summed E-state index contributed by atoms with van der Waals surface area (Å²) in [5.41, 5.74) is -0.993. The third-order valence-corrected chi connectivity index (χ3v) is 2.63. The molecule has 2 rings (SSSR count). The summed E-state index contributed by atoms with van der Waals surface area (Å²) in [5.74, 6) is 1.02. The van der Waals surface area contributed by atoms with Gasteiger partial charge in [-0.05, 0) is 19.3 Å². The number of alkyl halides is 1. The Morgan fingerprint density at radius 1 is 1.73 bits per heavy atom. The molecule has 0 amide bonds. The average molecular weight is 157 g/mol. The lowest BCUT2D eigenvalue weighted by molar-refractivity contribution is 0.169. The molecule has 1 aliphatic heterocycles. The molecule has 0 N–H and O–H groups in total. The van der Waals surface area contributed by atoms with Crippen molar-refractivity contribution in [2.45, 2.75) is 24.9 Å². The van der Waals surface area contributed by atoms with Crippen molar-refractivity contribution in [1.29, 1.82) is 0 Å². The van der Waals surface area contributed by atoms with Gasteiger partial charge in [-0.3, -0.25) is 4.99 Å². The molecule has 1 saturated carbocycles. The Morgan fingerprint density at radius 3 is 3.27 bits per heavy atom. The Morgan fingerprint density at radius 2 is 2.55 bits per heavy atom. The van der Waals surface area contributed by atoms with Crippen LogP contribution in [0.1, 0.15) is 19.3 Å². The van der Waals surface area contributed by atoms with E-state index in [4.69, 9.17) is 4.74 Å². The Kier molecular flexibility index (Phi) is 1.41. The lowest BCUT2D eigenvalue weighted by Crippen LogP contribution is -2.30. The summed E-state index contributed by atoms with van der Waals surface area (Å²) >= 11 is 0. The Balaban J connectivity index is 2.20. The van der Waals surface area contributed by atoms with E-state index in [-0.39, 0.29) is 5.92 Å². The summed E-state index contributed by atoms with van der Waals surface area (Å²) in [5, 5.41) is 0. The minimum atomic E-state index is -0.993. The molecule has 62 valence electrons. The summed E-state index contributed by atoms with van der Waals surface area (Å²) in [4.78, 5) is 4.06. The van der Waals surface area contributed by atoms with E-state index in [1.165, 1.54) is 0 Å². The molecule has 0 aromatic heterocycles. The van der Waals surface area contributed by atoms with Crippen LogP contribution in [0.5, 0.6) is 0 Å². The Bertz CT molecular complexity index is 204. The van der Waals surface area contributed by atoms with Crippen molar-refractivity contribution in [2.75, 3.05) is 13.7 Å². The van der Waals surface area contributed by atoms with E-state index in [9.17, 15) is 4.39 Å². The van der Waals surface area contributed by atoms with Gasteiger partial charge in [-0.1, -0.05) is 0 Å². The molecule has 2 unspecified atom stereocenters. The molecule has 1 fully saturated rings. The van der Waals surface area contributed by atoms with Gasteiger partial charge in [-0.25, -0.2) is 4.39 Å². The van der Waals surface area contributed by atoms with Gasteiger partial charge in [0.25, 0.3) is 0 Å². The second-order valence-electron chi connectivity index (χ2n) is 3.45.